The Morgan fingerprint density at radius 1 is 1.40 bits per heavy atom. The second-order valence-corrected chi connectivity index (χ2v) is 5.74. The number of anilines is 1. The highest BCUT2D eigenvalue weighted by Gasteiger charge is 2.32. The van der Waals surface area contributed by atoms with Crippen LogP contribution in [0.4, 0.5) is 18.9 Å². The van der Waals surface area contributed by atoms with Gasteiger partial charge in [0.15, 0.2) is 10.9 Å². The smallest absolute Gasteiger partial charge is 0.404 e. The number of ether oxygens (including phenoxy) is 1. The van der Waals surface area contributed by atoms with Gasteiger partial charge in [-0.05, 0) is 36.3 Å². The topological polar surface area (TPSA) is 33.3 Å². The molecule has 0 unspecified atom stereocenters. The number of alkyl halides is 3. The second-order valence-electron chi connectivity index (χ2n) is 4.42. The minimum Gasteiger partial charge on any atom is -0.404 e. The number of nitrogens with one attached hydrogen (secondary N) is 2. The Labute approximate surface area is 129 Å². The van der Waals surface area contributed by atoms with Gasteiger partial charge in [-0.25, -0.2) is 0 Å². The molecular weight excluding hydrogens is 357 g/mol. The first-order valence-corrected chi connectivity index (χ1v) is 6.97. The fourth-order valence-corrected chi connectivity index (χ4v) is 1.81. The van der Waals surface area contributed by atoms with Gasteiger partial charge in [-0.2, -0.15) is 0 Å². The van der Waals surface area contributed by atoms with Crippen LogP contribution in [-0.4, -0.2) is 18.0 Å². The molecule has 0 aliphatic rings. The van der Waals surface area contributed by atoms with Crippen LogP contribution in [0.3, 0.4) is 0 Å². The normalized spacial score (nSPS) is 11.3. The molecule has 0 heterocycles. The Hall–Kier alpha value is -1.02. The Kier molecular flexibility index (Phi) is 6.07. The second kappa shape index (κ2) is 7.12. The molecule has 0 fully saturated rings. The first-order chi connectivity index (χ1) is 9.17. The van der Waals surface area contributed by atoms with Crippen LogP contribution in [0.25, 0.3) is 0 Å². The number of thiocarbonyl (C=S) groups is 1. The molecule has 1 rings (SSSR count). The van der Waals surface area contributed by atoms with Crippen LogP contribution in [0.2, 0.25) is 0 Å². The third-order valence-electron chi connectivity index (χ3n) is 2.09. The van der Waals surface area contributed by atoms with Crippen molar-refractivity contribution in [2.75, 3.05) is 11.9 Å². The van der Waals surface area contributed by atoms with Crippen molar-refractivity contribution >= 4 is 38.9 Å². The van der Waals surface area contributed by atoms with E-state index in [9.17, 15) is 13.2 Å². The van der Waals surface area contributed by atoms with Gasteiger partial charge in [0, 0.05) is 11.0 Å². The molecule has 0 radical (unpaired) electrons. The van der Waals surface area contributed by atoms with E-state index in [1.54, 1.807) is 6.07 Å². The van der Waals surface area contributed by atoms with Crippen LogP contribution in [0.15, 0.2) is 22.7 Å². The summed E-state index contributed by atoms with van der Waals surface area (Å²) < 4.78 is 41.4. The summed E-state index contributed by atoms with van der Waals surface area (Å²) in [6.07, 6.45) is -4.76. The van der Waals surface area contributed by atoms with Crippen molar-refractivity contribution in [3.8, 4) is 5.75 Å². The average molecular weight is 371 g/mol. The van der Waals surface area contributed by atoms with Crippen molar-refractivity contribution in [1.82, 2.24) is 5.32 Å². The zero-order valence-electron chi connectivity index (χ0n) is 10.8. The maximum atomic E-state index is 12.3. The van der Waals surface area contributed by atoms with E-state index in [4.69, 9.17) is 12.2 Å². The summed E-state index contributed by atoms with van der Waals surface area (Å²) in [6, 6.07) is 4.27. The molecule has 0 atom stereocenters. The minimum atomic E-state index is -4.76. The van der Waals surface area contributed by atoms with Crippen molar-refractivity contribution in [1.29, 1.82) is 0 Å². The number of hydrogen-bond donors (Lipinski definition) is 2. The highest BCUT2D eigenvalue weighted by Crippen LogP contribution is 2.32. The summed E-state index contributed by atoms with van der Waals surface area (Å²) in [4.78, 5) is 0. The van der Waals surface area contributed by atoms with Crippen LogP contribution in [0, 0.1) is 5.92 Å². The van der Waals surface area contributed by atoms with Crippen LogP contribution in [0.5, 0.6) is 5.75 Å². The standard InChI is InChI=1S/C12H14BrF3N2OS/c1-7(2)6-17-11(20)18-9-4-3-8(13)5-10(9)19-12(14,15)16/h3-5,7H,6H2,1-2H3,(H2,17,18,20). The third kappa shape index (κ3) is 6.42. The zero-order chi connectivity index (χ0) is 15.3. The molecule has 112 valence electrons. The number of hydrogen-bond acceptors (Lipinski definition) is 2. The molecule has 0 saturated heterocycles. The maximum absolute atomic E-state index is 12.3. The molecule has 0 aromatic heterocycles. The summed E-state index contributed by atoms with van der Waals surface area (Å²) in [6.45, 7) is 4.61. The molecule has 8 heteroatoms. The van der Waals surface area contributed by atoms with E-state index in [0.29, 0.717) is 16.9 Å². The van der Waals surface area contributed by atoms with E-state index in [0.717, 1.165) is 0 Å². The van der Waals surface area contributed by atoms with Gasteiger partial charge < -0.3 is 15.4 Å². The summed E-state index contributed by atoms with van der Waals surface area (Å²) >= 11 is 8.11. The lowest BCUT2D eigenvalue weighted by Crippen LogP contribution is -2.31. The Bertz CT molecular complexity index is 480. The molecule has 0 amide bonds. The van der Waals surface area contributed by atoms with Crippen molar-refractivity contribution in [3.63, 3.8) is 0 Å². The molecule has 0 bridgehead atoms. The zero-order valence-corrected chi connectivity index (χ0v) is 13.2. The first-order valence-electron chi connectivity index (χ1n) is 5.77. The molecule has 0 saturated carbocycles. The van der Waals surface area contributed by atoms with E-state index >= 15 is 0 Å². The molecule has 1 aromatic rings. The largest absolute Gasteiger partial charge is 0.573 e. The van der Waals surface area contributed by atoms with E-state index in [2.05, 4.69) is 31.3 Å². The van der Waals surface area contributed by atoms with Crippen molar-refractivity contribution in [2.24, 2.45) is 5.92 Å². The maximum Gasteiger partial charge on any atom is 0.573 e. The van der Waals surface area contributed by atoms with Crippen LogP contribution >= 0.6 is 28.1 Å². The van der Waals surface area contributed by atoms with Gasteiger partial charge in [0.2, 0.25) is 0 Å². The number of benzene rings is 1. The Morgan fingerprint density at radius 3 is 2.60 bits per heavy atom. The number of rotatable bonds is 4. The molecule has 0 aliphatic carbocycles. The highest BCUT2D eigenvalue weighted by molar-refractivity contribution is 9.10. The summed E-state index contributed by atoms with van der Waals surface area (Å²) in [5, 5.41) is 5.84. The van der Waals surface area contributed by atoms with Gasteiger partial charge in [-0.1, -0.05) is 29.8 Å². The van der Waals surface area contributed by atoms with Crippen LogP contribution < -0.4 is 15.4 Å². The fraction of sp³-hybridized carbons (Fsp3) is 0.417. The third-order valence-corrected chi connectivity index (χ3v) is 2.83. The molecule has 0 spiro atoms. The quantitative estimate of drug-likeness (QED) is 0.774. The lowest BCUT2D eigenvalue weighted by molar-refractivity contribution is -0.274. The summed E-state index contributed by atoms with van der Waals surface area (Å²) in [5.74, 6) is 0.0196. The Morgan fingerprint density at radius 2 is 2.05 bits per heavy atom. The van der Waals surface area contributed by atoms with E-state index < -0.39 is 6.36 Å². The van der Waals surface area contributed by atoms with Crippen LogP contribution in [0.1, 0.15) is 13.8 Å². The molecule has 2 N–H and O–H groups in total. The molecular formula is C12H14BrF3N2OS. The Balaban J connectivity index is 2.81. The SMILES string of the molecule is CC(C)CNC(=S)Nc1ccc(Br)cc1OC(F)(F)F. The van der Waals surface area contributed by atoms with Crippen molar-refractivity contribution in [3.05, 3.63) is 22.7 Å². The van der Waals surface area contributed by atoms with Crippen LogP contribution in [-0.2, 0) is 0 Å². The predicted molar refractivity (Wildman–Crippen MR) is 79.9 cm³/mol. The van der Waals surface area contributed by atoms with Crippen molar-refractivity contribution < 1.29 is 17.9 Å². The van der Waals surface area contributed by atoms with E-state index in [-0.39, 0.29) is 16.5 Å². The number of halogens is 4. The monoisotopic (exact) mass is 370 g/mol. The lowest BCUT2D eigenvalue weighted by atomic mass is 10.2. The molecule has 0 aliphatic heterocycles. The van der Waals surface area contributed by atoms with E-state index in [1.807, 2.05) is 13.8 Å². The molecule has 1 aromatic carbocycles. The molecule has 3 nitrogen and oxygen atoms in total. The highest BCUT2D eigenvalue weighted by atomic mass is 79.9. The van der Waals surface area contributed by atoms with Crippen molar-refractivity contribution in [2.45, 2.75) is 20.2 Å². The lowest BCUT2D eigenvalue weighted by Gasteiger charge is -2.16. The van der Waals surface area contributed by atoms with Gasteiger partial charge in [0.1, 0.15) is 0 Å². The predicted octanol–water partition coefficient (Wildman–Crippen LogP) is 4.29. The van der Waals surface area contributed by atoms with Gasteiger partial charge in [0.05, 0.1) is 5.69 Å². The van der Waals surface area contributed by atoms with Gasteiger partial charge >= 0.3 is 6.36 Å². The van der Waals surface area contributed by atoms with Gasteiger partial charge in [-0.15, -0.1) is 13.2 Å². The summed E-state index contributed by atoms with van der Waals surface area (Å²) in [7, 11) is 0. The fourth-order valence-electron chi connectivity index (χ4n) is 1.27. The molecule has 20 heavy (non-hydrogen) atoms. The van der Waals surface area contributed by atoms with Gasteiger partial charge in [0.25, 0.3) is 0 Å². The summed E-state index contributed by atoms with van der Waals surface area (Å²) in [5.41, 5.74) is 0.145. The minimum absolute atomic E-state index is 0.145. The van der Waals surface area contributed by atoms with Gasteiger partial charge in [-0.3, -0.25) is 0 Å². The van der Waals surface area contributed by atoms with E-state index in [1.165, 1.54) is 12.1 Å². The first kappa shape index (κ1) is 17.0. The average Bonchev–Trinajstić information content (AvgIpc) is 2.28.